The lowest BCUT2D eigenvalue weighted by molar-refractivity contribution is 0.720. The molecule has 0 aliphatic heterocycles. The summed E-state index contributed by atoms with van der Waals surface area (Å²) >= 11 is 0. The van der Waals surface area contributed by atoms with Crippen LogP contribution in [0.15, 0.2) is 4.99 Å². The Morgan fingerprint density at radius 2 is 2.50 bits per heavy atom. The topological polar surface area (TPSA) is 50.4 Å². The number of rotatable bonds is 2. The number of aliphatic imine (C=N–C) groups is 1. The van der Waals surface area contributed by atoms with E-state index in [0.29, 0.717) is 12.0 Å². The summed E-state index contributed by atoms with van der Waals surface area (Å²) in [6.45, 7) is 2.20. The highest BCUT2D eigenvalue weighted by Gasteiger charge is 2.35. The number of hydrogen-bond acceptors (Lipinski definition) is 1. The van der Waals surface area contributed by atoms with Crippen molar-refractivity contribution >= 4 is 5.96 Å². The molecule has 2 atom stereocenters. The second-order valence-electron chi connectivity index (χ2n) is 2.76. The third-order valence-corrected chi connectivity index (χ3v) is 2.02. The van der Waals surface area contributed by atoms with Crippen molar-refractivity contribution in [3.05, 3.63) is 0 Å². The smallest absolute Gasteiger partial charge is 0.188 e. The lowest BCUT2D eigenvalue weighted by Gasteiger charge is -2.01. The van der Waals surface area contributed by atoms with Crippen molar-refractivity contribution in [1.82, 2.24) is 5.32 Å². The van der Waals surface area contributed by atoms with E-state index in [-0.39, 0.29) is 0 Å². The molecule has 0 amide bonds. The average Bonchev–Trinajstić information content (AvgIpc) is 2.67. The predicted molar refractivity (Wildman–Crippen MR) is 42.9 cm³/mol. The number of nitrogens with zero attached hydrogens (tertiary/aromatic N) is 1. The maximum Gasteiger partial charge on any atom is 0.188 e. The fraction of sp³-hybridized carbons (Fsp3) is 0.857. The Labute approximate surface area is 61.7 Å². The number of nitrogens with two attached hydrogens (primary N) is 1. The molecule has 0 saturated heterocycles. The van der Waals surface area contributed by atoms with Crippen molar-refractivity contribution < 1.29 is 0 Å². The summed E-state index contributed by atoms with van der Waals surface area (Å²) in [5, 5.41) is 3.13. The SMILES string of the molecule is CCC1CC1NC(N)=NC. The first-order chi connectivity index (χ1) is 4.77. The van der Waals surface area contributed by atoms with Gasteiger partial charge in [0.2, 0.25) is 0 Å². The van der Waals surface area contributed by atoms with Gasteiger partial charge in [0.15, 0.2) is 5.96 Å². The molecule has 3 nitrogen and oxygen atoms in total. The molecular weight excluding hydrogens is 126 g/mol. The van der Waals surface area contributed by atoms with Crippen LogP contribution < -0.4 is 11.1 Å². The van der Waals surface area contributed by atoms with Gasteiger partial charge in [-0.15, -0.1) is 0 Å². The molecule has 1 fully saturated rings. The monoisotopic (exact) mass is 141 g/mol. The Balaban J connectivity index is 2.17. The van der Waals surface area contributed by atoms with Crippen LogP contribution in [-0.2, 0) is 0 Å². The molecule has 0 spiro atoms. The highest BCUT2D eigenvalue weighted by atomic mass is 15.1. The van der Waals surface area contributed by atoms with Crippen LogP contribution in [0.25, 0.3) is 0 Å². The Bertz CT molecular complexity index is 142. The van der Waals surface area contributed by atoms with E-state index in [9.17, 15) is 0 Å². The number of nitrogens with one attached hydrogen (secondary N) is 1. The standard InChI is InChI=1S/C7H15N3/c1-3-5-4-6(5)10-7(8)9-2/h5-6H,3-4H2,1-2H3,(H3,8,9,10). The Morgan fingerprint density at radius 1 is 1.80 bits per heavy atom. The second-order valence-corrected chi connectivity index (χ2v) is 2.76. The zero-order valence-corrected chi connectivity index (χ0v) is 6.59. The van der Waals surface area contributed by atoms with Crippen molar-refractivity contribution in [2.45, 2.75) is 25.8 Å². The third-order valence-electron chi connectivity index (χ3n) is 2.02. The minimum Gasteiger partial charge on any atom is -0.370 e. The molecule has 10 heavy (non-hydrogen) atoms. The van der Waals surface area contributed by atoms with E-state index in [1.807, 2.05) is 0 Å². The van der Waals surface area contributed by atoms with Gasteiger partial charge in [0.05, 0.1) is 0 Å². The minimum atomic E-state index is 0.570. The fourth-order valence-electron chi connectivity index (χ4n) is 1.13. The summed E-state index contributed by atoms with van der Waals surface area (Å²) < 4.78 is 0. The van der Waals surface area contributed by atoms with E-state index in [0.717, 1.165) is 5.92 Å². The van der Waals surface area contributed by atoms with Crippen LogP contribution in [0, 0.1) is 5.92 Å². The predicted octanol–water partition coefficient (Wildman–Crippen LogP) is 0.319. The molecule has 3 heteroatoms. The van der Waals surface area contributed by atoms with Crippen molar-refractivity contribution in [2.75, 3.05) is 7.05 Å². The van der Waals surface area contributed by atoms with Gasteiger partial charge < -0.3 is 11.1 Å². The molecule has 0 aromatic carbocycles. The first kappa shape index (κ1) is 7.38. The molecular formula is C7H15N3. The van der Waals surface area contributed by atoms with Gasteiger partial charge in [-0.1, -0.05) is 13.3 Å². The van der Waals surface area contributed by atoms with Crippen molar-refractivity contribution in [1.29, 1.82) is 0 Å². The van der Waals surface area contributed by atoms with Gasteiger partial charge in [-0.2, -0.15) is 0 Å². The molecule has 2 unspecified atom stereocenters. The van der Waals surface area contributed by atoms with Gasteiger partial charge in [-0.3, -0.25) is 4.99 Å². The van der Waals surface area contributed by atoms with E-state index in [1.54, 1.807) is 7.05 Å². The fourth-order valence-corrected chi connectivity index (χ4v) is 1.13. The van der Waals surface area contributed by atoms with Crippen LogP contribution in [-0.4, -0.2) is 19.0 Å². The van der Waals surface area contributed by atoms with Crippen LogP contribution in [0.4, 0.5) is 0 Å². The number of guanidine groups is 1. The molecule has 3 N–H and O–H groups in total. The molecule has 0 heterocycles. The van der Waals surface area contributed by atoms with Crippen LogP contribution in [0.3, 0.4) is 0 Å². The maximum absolute atomic E-state index is 5.47. The van der Waals surface area contributed by atoms with E-state index < -0.39 is 0 Å². The lowest BCUT2D eigenvalue weighted by atomic mass is 10.3. The van der Waals surface area contributed by atoms with Gasteiger partial charge in [0.1, 0.15) is 0 Å². The van der Waals surface area contributed by atoms with Crippen molar-refractivity contribution in [2.24, 2.45) is 16.6 Å². The molecule has 0 aromatic rings. The first-order valence-corrected chi connectivity index (χ1v) is 3.76. The minimum absolute atomic E-state index is 0.570. The molecule has 0 aromatic heterocycles. The maximum atomic E-state index is 5.47. The molecule has 58 valence electrons. The van der Waals surface area contributed by atoms with E-state index >= 15 is 0 Å². The average molecular weight is 141 g/mol. The zero-order valence-electron chi connectivity index (χ0n) is 6.59. The molecule has 1 saturated carbocycles. The Morgan fingerprint density at radius 3 is 2.90 bits per heavy atom. The van der Waals surface area contributed by atoms with Gasteiger partial charge in [0, 0.05) is 13.1 Å². The first-order valence-electron chi connectivity index (χ1n) is 3.76. The Kier molecular flexibility index (Phi) is 2.14. The molecule has 1 rings (SSSR count). The van der Waals surface area contributed by atoms with Crippen molar-refractivity contribution in [3.8, 4) is 0 Å². The summed E-state index contributed by atoms with van der Waals surface area (Å²) in [5.74, 6) is 1.40. The largest absolute Gasteiger partial charge is 0.370 e. The van der Waals surface area contributed by atoms with Gasteiger partial charge >= 0.3 is 0 Å². The summed E-state index contributed by atoms with van der Waals surface area (Å²) in [7, 11) is 1.70. The highest BCUT2D eigenvalue weighted by Crippen LogP contribution is 2.32. The van der Waals surface area contributed by atoms with Gasteiger partial charge in [-0.25, -0.2) is 0 Å². The zero-order chi connectivity index (χ0) is 7.56. The summed E-state index contributed by atoms with van der Waals surface area (Å²) in [4.78, 5) is 3.82. The van der Waals surface area contributed by atoms with Gasteiger partial charge in [-0.05, 0) is 12.3 Å². The van der Waals surface area contributed by atoms with Crippen LogP contribution in [0.5, 0.6) is 0 Å². The van der Waals surface area contributed by atoms with E-state index in [2.05, 4.69) is 17.2 Å². The lowest BCUT2D eigenvalue weighted by Crippen LogP contribution is -2.33. The van der Waals surface area contributed by atoms with E-state index in [4.69, 9.17) is 5.73 Å². The molecule has 0 radical (unpaired) electrons. The van der Waals surface area contributed by atoms with Crippen LogP contribution in [0.2, 0.25) is 0 Å². The number of hydrogen-bond donors (Lipinski definition) is 2. The quantitative estimate of drug-likeness (QED) is 0.430. The summed E-state index contributed by atoms with van der Waals surface area (Å²) in [5.41, 5.74) is 5.47. The van der Waals surface area contributed by atoms with Gasteiger partial charge in [0.25, 0.3) is 0 Å². The highest BCUT2D eigenvalue weighted by molar-refractivity contribution is 5.78. The third kappa shape index (κ3) is 1.62. The summed E-state index contributed by atoms with van der Waals surface area (Å²) in [6.07, 6.45) is 2.50. The van der Waals surface area contributed by atoms with Crippen LogP contribution in [0.1, 0.15) is 19.8 Å². The molecule has 0 bridgehead atoms. The van der Waals surface area contributed by atoms with Crippen LogP contribution >= 0.6 is 0 Å². The molecule has 1 aliphatic rings. The Hall–Kier alpha value is -0.730. The summed E-state index contributed by atoms with van der Waals surface area (Å²) in [6, 6.07) is 0.605. The normalized spacial score (nSPS) is 32.0. The second kappa shape index (κ2) is 2.90. The van der Waals surface area contributed by atoms with E-state index in [1.165, 1.54) is 12.8 Å². The van der Waals surface area contributed by atoms with Crippen molar-refractivity contribution in [3.63, 3.8) is 0 Å². The molecule has 1 aliphatic carbocycles.